The largest absolute Gasteiger partial charge is 0.390 e. The van der Waals surface area contributed by atoms with Gasteiger partial charge in [0.2, 0.25) is 4.96 Å². The lowest BCUT2D eigenvalue weighted by molar-refractivity contribution is 0.275. The van der Waals surface area contributed by atoms with Crippen molar-refractivity contribution in [2.45, 2.75) is 13.5 Å². The van der Waals surface area contributed by atoms with Gasteiger partial charge in [0.15, 0.2) is 5.01 Å². The molecule has 0 radical (unpaired) electrons. The van der Waals surface area contributed by atoms with Crippen LogP contribution in [-0.2, 0) is 6.61 Å². The first-order valence-electron chi connectivity index (χ1n) is 6.86. The Bertz CT molecular complexity index is 921. The lowest BCUT2D eigenvalue weighted by atomic mass is 10.1. The van der Waals surface area contributed by atoms with Gasteiger partial charge in [0.25, 0.3) is 0 Å². The number of hydrogen-bond acceptors (Lipinski definition) is 5. The van der Waals surface area contributed by atoms with E-state index in [1.54, 1.807) is 27.2 Å². The maximum atomic E-state index is 9.77. The van der Waals surface area contributed by atoms with Gasteiger partial charge in [-0.2, -0.15) is 5.10 Å². The molecule has 6 heteroatoms. The van der Waals surface area contributed by atoms with Gasteiger partial charge in [0.1, 0.15) is 0 Å². The van der Waals surface area contributed by atoms with Gasteiger partial charge in [-0.1, -0.05) is 47.2 Å². The second-order valence-electron chi connectivity index (χ2n) is 5.01. The fraction of sp³-hybridized carbons (Fsp3) is 0.125. The van der Waals surface area contributed by atoms with Crippen molar-refractivity contribution in [3.05, 3.63) is 53.0 Å². The van der Waals surface area contributed by atoms with Crippen molar-refractivity contribution < 1.29 is 5.11 Å². The van der Waals surface area contributed by atoms with E-state index in [1.807, 2.05) is 29.6 Å². The van der Waals surface area contributed by atoms with Gasteiger partial charge in [-0.05, 0) is 18.4 Å². The standard InChI is InChI=1S/C16H13N3OS2/c1-10-4-6-11(7-5-10)14-12(9-20)19-16(17-14)22-15(18-19)13-3-2-8-21-13/h2-8,20H,9H2,1H3. The highest BCUT2D eigenvalue weighted by atomic mass is 32.1. The van der Waals surface area contributed by atoms with E-state index >= 15 is 0 Å². The third-order valence-corrected chi connectivity index (χ3v) is 5.45. The molecule has 3 heterocycles. The molecule has 1 aromatic carbocycles. The number of imidazole rings is 1. The minimum atomic E-state index is -0.0853. The topological polar surface area (TPSA) is 50.4 Å². The number of aromatic nitrogens is 3. The van der Waals surface area contributed by atoms with E-state index < -0.39 is 0 Å². The Morgan fingerprint density at radius 3 is 2.68 bits per heavy atom. The molecule has 0 saturated heterocycles. The summed E-state index contributed by atoms with van der Waals surface area (Å²) in [5.41, 5.74) is 3.75. The van der Waals surface area contributed by atoms with Crippen LogP contribution in [-0.4, -0.2) is 19.7 Å². The highest BCUT2D eigenvalue weighted by molar-refractivity contribution is 7.23. The Kier molecular flexibility index (Phi) is 3.29. The Morgan fingerprint density at radius 2 is 2.00 bits per heavy atom. The normalized spacial score (nSPS) is 11.4. The van der Waals surface area contributed by atoms with E-state index in [-0.39, 0.29) is 6.61 Å². The first-order valence-corrected chi connectivity index (χ1v) is 8.56. The molecule has 4 rings (SSSR count). The monoisotopic (exact) mass is 327 g/mol. The lowest BCUT2D eigenvalue weighted by Gasteiger charge is -2.01. The Labute approximate surface area is 135 Å². The Balaban J connectivity index is 1.87. The zero-order valence-electron chi connectivity index (χ0n) is 11.9. The second-order valence-corrected chi connectivity index (χ2v) is 6.91. The maximum absolute atomic E-state index is 9.77. The molecular weight excluding hydrogens is 314 g/mol. The number of nitrogens with zero attached hydrogens (tertiary/aromatic N) is 3. The third-order valence-electron chi connectivity index (χ3n) is 3.50. The highest BCUT2D eigenvalue weighted by Gasteiger charge is 2.18. The average molecular weight is 327 g/mol. The van der Waals surface area contributed by atoms with E-state index in [0.717, 1.165) is 31.8 Å². The number of aliphatic hydroxyl groups is 1. The van der Waals surface area contributed by atoms with Gasteiger partial charge in [0, 0.05) is 5.56 Å². The predicted molar refractivity (Wildman–Crippen MR) is 90.3 cm³/mol. The summed E-state index contributed by atoms with van der Waals surface area (Å²) in [5, 5.41) is 17.3. The molecule has 0 aliphatic carbocycles. The van der Waals surface area contributed by atoms with Crippen LogP contribution in [0.25, 0.3) is 26.1 Å². The van der Waals surface area contributed by atoms with Gasteiger partial charge in [-0.25, -0.2) is 9.50 Å². The summed E-state index contributed by atoms with van der Waals surface area (Å²) in [6.07, 6.45) is 0. The van der Waals surface area contributed by atoms with Gasteiger partial charge in [-0.3, -0.25) is 0 Å². The summed E-state index contributed by atoms with van der Waals surface area (Å²) in [5.74, 6) is 0. The second kappa shape index (κ2) is 5.31. The number of aryl methyl sites for hydroxylation is 1. The van der Waals surface area contributed by atoms with Crippen LogP contribution in [0.3, 0.4) is 0 Å². The number of fused-ring (bicyclic) bond motifs is 1. The number of benzene rings is 1. The number of hydrogen-bond donors (Lipinski definition) is 1. The molecule has 22 heavy (non-hydrogen) atoms. The molecule has 0 bridgehead atoms. The maximum Gasteiger partial charge on any atom is 0.213 e. The van der Waals surface area contributed by atoms with Crippen LogP contribution in [0.1, 0.15) is 11.3 Å². The zero-order chi connectivity index (χ0) is 15.1. The van der Waals surface area contributed by atoms with Crippen LogP contribution >= 0.6 is 22.7 Å². The lowest BCUT2D eigenvalue weighted by Crippen LogP contribution is -1.95. The fourth-order valence-electron chi connectivity index (χ4n) is 2.37. The van der Waals surface area contributed by atoms with Crippen molar-refractivity contribution in [2.75, 3.05) is 0 Å². The summed E-state index contributed by atoms with van der Waals surface area (Å²) in [6.45, 7) is 1.97. The minimum Gasteiger partial charge on any atom is -0.390 e. The van der Waals surface area contributed by atoms with Gasteiger partial charge >= 0.3 is 0 Å². The van der Waals surface area contributed by atoms with Crippen molar-refractivity contribution in [3.8, 4) is 21.1 Å². The SMILES string of the molecule is Cc1ccc(-c2nc3sc(-c4cccs4)nn3c2CO)cc1. The van der Waals surface area contributed by atoms with Crippen molar-refractivity contribution in [3.63, 3.8) is 0 Å². The molecule has 3 aromatic heterocycles. The van der Waals surface area contributed by atoms with Crippen LogP contribution in [0.4, 0.5) is 0 Å². The minimum absolute atomic E-state index is 0.0853. The van der Waals surface area contributed by atoms with Crippen LogP contribution in [0.2, 0.25) is 0 Å². The molecule has 0 atom stereocenters. The molecule has 110 valence electrons. The zero-order valence-corrected chi connectivity index (χ0v) is 13.5. The first kappa shape index (κ1) is 13.6. The van der Waals surface area contributed by atoms with Crippen molar-refractivity contribution >= 4 is 27.6 Å². The molecular formula is C16H13N3OS2. The number of thiophene rings is 1. The molecule has 4 nitrogen and oxygen atoms in total. The molecule has 0 aliphatic heterocycles. The Hall–Kier alpha value is -2.02. The van der Waals surface area contributed by atoms with Crippen LogP contribution in [0.5, 0.6) is 0 Å². The van der Waals surface area contributed by atoms with Gasteiger partial charge < -0.3 is 5.11 Å². The molecule has 0 fully saturated rings. The van der Waals surface area contributed by atoms with Crippen molar-refractivity contribution in [1.82, 2.24) is 14.6 Å². The molecule has 0 unspecified atom stereocenters. The molecule has 1 N–H and O–H groups in total. The Morgan fingerprint density at radius 1 is 1.18 bits per heavy atom. The van der Waals surface area contributed by atoms with E-state index in [0.29, 0.717) is 0 Å². The quantitative estimate of drug-likeness (QED) is 0.619. The van der Waals surface area contributed by atoms with Gasteiger partial charge in [-0.15, -0.1) is 11.3 Å². The predicted octanol–water partition coefficient (Wildman–Crippen LogP) is 3.99. The van der Waals surface area contributed by atoms with Crippen molar-refractivity contribution in [1.29, 1.82) is 0 Å². The van der Waals surface area contributed by atoms with Crippen LogP contribution in [0, 0.1) is 6.92 Å². The fourth-order valence-corrected chi connectivity index (χ4v) is 4.08. The van der Waals surface area contributed by atoms with Crippen LogP contribution < -0.4 is 0 Å². The van der Waals surface area contributed by atoms with E-state index in [9.17, 15) is 5.11 Å². The van der Waals surface area contributed by atoms with E-state index in [4.69, 9.17) is 0 Å². The molecule has 0 saturated carbocycles. The highest BCUT2D eigenvalue weighted by Crippen LogP contribution is 2.32. The molecule has 0 spiro atoms. The smallest absolute Gasteiger partial charge is 0.213 e. The van der Waals surface area contributed by atoms with Crippen LogP contribution in [0.15, 0.2) is 41.8 Å². The summed E-state index contributed by atoms with van der Waals surface area (Å²) in [4.78, 5) is 6.61. The molecule has 0 aliphatic rings. The summed E-state index contributed by atoms with van der Waals surface area (Å²) >= 11 is 3.20. The number of rotatable bonds is 3. The van der Waals surface area contributed by atoms with Gasteiger partial charge in [0.05, 0.1) is 22.9 Å². The first-order chi connectivity index (χ1) is 10.8. The third kappa shape index (κ3) is 2.16. The average Bonchev–Trinajstić information content (AvgIpc) is 3.22. The summed E-state index contributed by atoms with van der Waals surface area (Å²) < 4.78 is 1.76. The van der Waals surface area contributed by atoms with E-state index in [1.165, 1.54) is 5.56 Å². The molecule has 4 aromatic rings. The van der Waals surface area contributed by atoms with Crippen molar-refractivity contribution in [2.24, 2.45) is 0 Å². The number of aliphatic hydroxyl groups excluding tert-OH is 1. The van der Waals surface area contributed by atoms with E-state index in [2.05, 4.69) is 29.1 Å². The molecule has 0 amide bonds. The summed E-state index contributed by atoms with van der Waals surface area (Å²) in [7, 11) is 0. The summed E-state index contributed by atoms with van der Waals surface area (Å²) in [6, 6.07) is 12.2.